The molecule has 2 rings (SSSR count). The summed E-state index contributed by atoms with van der Waals surface area (Å²) in [6.45, 7) is 9.55. The van der Waals surface area contributed by atoms with Crippen LogP contribution in [0, 0.1) is 0 Å². The van der Waals surface area contributed by atoms with E-state index in [0.29, 0.717) is 12.1 Å². The van der Waals surface area contributed by atoms with Gasteiger partial charge in [-0.3, -0.25) is 9.80 Å². The summed E-state index contributed by atoms with van der Waals surface area (Å²) in [6.07, 6.45) is 8.56. The van der Waals surface area contributed by atoms with Gasteiger partial charge in [0, 0.05) is 44.3 Å². The Hall–Kier alpha value is -0.120. The van der Waals surface area contributed by atoms with E-state index in [-0.39, 0.29) is 0 Å². The van der Waals surface area contributed by atoms with Crippen LogP contribution in [0.3, 0.4) is 0 Å². The zero-order valence-electron chi connectivity index (χ0n) is 13.2. The van der Waals surface area contributed by atoms with Crippen molar-refractivity contribution in [1.82, 2.24) is 15.1 Å². The topological polar surface area (TPSA) is 18.5 Å². The van der Waals surface area contributed by atoms with Crippen LogP contribution in [0.15, 0.2) is 0 Å². The van der Waals surface area contributed by atoms with Crippen molar-refractivity contribution in [2.75, 3.05) is 33.2 Å². The van der Waals surface area contributed by atoms with Crippen molar-refractivity contribution in [1.29, 1.82) is 0 Å². The summed E-state index contributed by atoms with van der Waals surface area (Å²) in [5.41, 5.74) is 0. The molecule has 2 fully saturated rings. The first-order valence-electron chi connectivity index (χ1n) is 8.34. The number of hydrogen-bond acceptors (Lipinski definition) is 3. The van der Waals surface area contributed by atoms with Crippen LogP contribution in [0.5, 0.6) is 0 Å². The molecular weight excluding hydrogens is 234 g/mol. The fraction of sp³-hybridized carbons (Fsp3) is 1.00. The first kappa shape index (κ1) is 15.3. The highest BCUT2D eigenvalue weighted by Gasteiger charge is 2.25. The Balaban J connectivity index is 1.65. The van der Waals surface area contributed by atoms with Gasteiger partial charge in [-0.15, -0.1) is 0 Å². The van der Waals surface area contributed by atoms with Crippen LogP contribution in [0.1, 0.15) is 52.4 Å². The molecule has 2 atom stereocenters. The Labute approximate surface area is 119 Å². The second-order valence-electron chi connectivity index (χ2n) is 6.77. The lowest BCUT2D eigenvalue weighted by Crippen LogP contribution is -2.56. The Morgan fingerprint density at radius 2 is 1.53 bits per heavy atom. The number of nitrogens with one attached hydrogen (secondary N) is 1. The molecular formula is C16H33N3. The summed E-state index contributed by atoms with van der Waals surface area (Å²) in [4.78, 5) is 5.15. The molecule has 3 nitrogen and oxygen atoms in total. The Bertz CT molecular complexity index is 236. The molecule has 0 radical (unpaired) electrons. The summed E-state index contributed by atoms with van der Waals surface area (Å²) in [7, 11) is 2.26. The SMILES string of the molecule is CC1CN(CCNC2CCCCCC2)CC(C)N1C. The van der Waals surface area contributed by atoms with E-state index in [2.05, 4.69) is 36.0 Å². The highest BCUT2D eigenvalue weighted by molar-refractivity contribution is 4.83. The lowest BCUT2D eigenvalue weighted by molar-refractivity contribution is 0.0602. The Morgan fingerprint density at radius 1 is 0.947 bits per heavy atom. The van der Waals surface area contributed by atoms with E-state index in [1.165, 1.54) is 64.7 Å². The van der Waals surface area contributed by atoms with Crippen LogP contribution >= 0.6 is 0 Å². The molecule has 2 unspecified atom stereocenters. The second-order valence-corrected chi connectivity index (χ2v) is 6.77. The molecule has 0 bridgehead atoms. The van der Waals surface area contributed by atoms with Crippen molar-refractivity contribution in [2.24, 2.45) is 0 Å². The molecule has 2 aliphatic rings. The van der Waals surface area contributed by atoms with Gasteiger partial charge in [-0.05, 0) is 33.7 Å². The fourth-order valence-electron chi connectivity index (χ4n) is 3.61. The van der Waals surface area contributed by atoms with Crippen LogP contribution in [0.4, 0.5) is 0 Å². The van der Waals surface area contributed by atoms with E-state index in [4.69, 9.17) is 0 Å². The van der Waals surface area contributed by atoms with E-state index in [9.17, 15) is 0 Å². The van der Waals surface area contributed by atoms with Gasteiger partial charge < -0.3 is 5.32 Å². The molecule has 1 saturated carbocycles. The maximum absolute atomic E-state index is 3.79. The van der Waals surface area contributed by atoms with E-state index in [1.54, 1.807) is 0 Å². The van der Waals surface area contributed by atoms with Gasteiger partial charge in [-0.2, -0.15) is 0 Å². The van der Waals surface area contributed by atoms with E-state index in [0.717, 1.165) is 6.04 Å². The Morgan fingerprint density at radius 3 is 2.11 bits per heavy atom. The largest absolute Gasteiger partial charge is 0.313 e. The number of piperazine rings is 1. The van der Waals surface area contributed by atoms with Crippen molar-refractivity contribution in [3.05, 3.63) is 0 Å². The summed E-state index contributed by atoms with van der Waals surface area (Å²) in [6, 6.07) is 2.19. The second kappa shape index (κ2) is 7.61. The normalized spacial score (nSPS) is 32.4. The molecule has 0 spiro atoms. The van der Waals surface area contributed by atoms with Crippen molar-refractivity contribution in [3.8, 4) is 0 Å². The number of nitrogens with zero attached hydrogens (tertiary/aromatic N) is 2. The third-order valence-corrected chi connectivity index (χ3v) is 5.15. The molecule has 1 saturated heterocycles. The van der Waals surface area contributed by atoms with Crippen LogP contribution in [-0.4, -0.2) is 61.2 Å². The molecule has 1 aliphatic carbocycles. The van der Waals surface area contributed by atoms with E-state index < -0.39 is 0 Å². The van der Waals surface area contributed by atoms with Crippen LogP contribution in [0.2, 0.25) is 0 Å². The molecule has 0 aromatic heterocycles. The first-order valence-corrected chi connectivity index (χ1v) is 8.34. The quantitative estimate of drug-likeness (QED) is 0.789. The molecule has 1 heterocycles. The maximum Gasteiger partial charge on any atom is 0.0195 e. The van der Waals surface area contributed by atoms with E-state index in [1.807, 2.05) is 0 Å². The van der Waals surface area contributed by atoms with Gasteiger partial charge in [0.15, 0.2) is 0 Å². The monoisotopic (exact) mass is 267 g/mol. The lowest BCUT2D eigenvalue weighted by atomic mass is 10.1. The molecule has 0 amide bonds. The van der Waals surface area contributed by atoms with Crippen molar-refractivity contribution >= 4 is 0 Å². The average molecular weight is 267 g/mol. The summed E-state index contributed by atoms with van der Waals surface area (Å²) < 4.78 is 0. The molecule has 19 heavy (non-hydrogen) atoms. The smallest absolute Gasteiger partial charge is 0.0195 e. The minimum Gasteiger partial charge on any atom is -0.313 e. The van der Waals surface area contributed by atoms with Gasteiger partial charge in [-0.25, -0.2) is 0 Å². The third-order valence-electron chi connectivity index (χ3n) is 5.15. The summed E-state index contributed by atoms with van der Waals surface area (Å²) in [5, 5.41) is 3.79. The molecule has 0 aromatic rings. The van der Waals surface area contributed by atoms with Crippen LogP contribution in [-0.2, 0) is 0 Å². The molecule has 0 aromatic carbocycles. The van der Waals surface area contributed by atoms with Gasteiger partial charge in [-0.1, -0.05) is 25.7 Å². The van der Waals surface area contributed by atoms with Crippen LogP contribution < -0.4 is 5.32 Å². The minimum atomic E-state index is 0.696. The zero-order valence-corrected chi connectivity index (χ0v) is 13.2. The van der Waals surface area contributed by atoms with Crippen molar-refractivity contribution in [2.45, 2.75) is 70.5 Å². The average Bonchev–Trinajstić information content (AvgIpc) is 2.64. The molecule has 1 aliphatic heterocycles. The predicted molar refractivity (Wildman–Crippen MR) is 82.6 cm³/mol. The highest BCUT2D eigenvalue weighted by atomic mass is 15.3. The lowest BCUT2D eigenvalue weighted by Gasteiger charge is -2.42. The van der Waals surface area contributed by atoms with Gasteiger partial charge in [0.05, 0.1) is 0 Å². The van der Waals surface area contributed by atoms with Gasteiger partial charge in [0.25, 0.3) is 0 Å². The van der Waals surface area contributed by atoms with Gasteiger partial charge in [0.1, 0.15) is 0 Å². The summed E-state index contributed by atoms with van der Waals surface area (Å²) >= 11 is 0. The van der Waals surface area contributed by atoms with Gasteiger partial charge in [0.2, 0.25) is 0 Å². The van der Waals surface area contributed by atoms with Gasteiger partial charge >= 0.3 is 0 Å². The van der Waals surface area contributed by atoms with Crippen molar-refractivity contribution < 1.29 is 0 Å². The standard InChI is InChI=1S/C16H33N3/c1-14-12-19(13-15(2)18(14)3)11-10-17-16-8-6-4-5-7-9-16/h14-17H,4-13H2,1-3H3. The maximum atomic E-state index is 3.79. The fourth-order valence-corrected chi connectivity index (χ4v) is 3.61. The Kier molecular flexibility index (Phi) is 6.11. The minimum absolute atomic E-state index is 0.696. The molecule has 112 valence electrons. The number of likely N-dealkylation sites (N-methyl/N-ethyl adjacent to an activating group) is 1. The first-order chi connectivity index (χ1) is 9.16. The van der Waals surface area contributed by atoms with E-state index >= 15 is 0 Å². The predicted octanol–water partition coefficient (Wildman–Crippen LogP) is 2.32. The molecule has 3 heteroatoms. The van der Waals surface area contributed by atoms with Crippen LogP contribution in [0.25, 0.3) is 0 Å². The molecule has 1 N–H and O–H groups in total. The summed E-state index contributed by atoms with van der Waals surface area (Å²) in [5.74, 6) is 0. The highest BCUT2D eigenvalue weighted by Crippen LogP contribution is 2.17. The zero-order chi connectivity index (χ0) is 13.7. The number of rotatable bonds is 4. The third kappa shape index (κ3) is 4.73. The number of hydrogen-bond donors (Lipinski definition) is 1. The van der Waals surface area contributed by atoms with Crippen molar-refractivity contribution in [3.63, 3.8) is 0 Å².